The van der Waals surface area contributed by atoms with E-state index in [1.807, 2.05) is 6.92 Å². The van der Waals surface area contributed by atoms with Crippen LogP contribution in [0.4, 0.5) is 4.39 Å². The molecule has 0 saturated heterocycles. The SMILES string of the molecule is CCCC(O)CNC(=O)C(C)c1ccccc1F. The van der Waals surface area contributed by atoms with Gasteiger partial charge in [-0.3, -0.25) is 4.79 Å². The smallest absolute Gasteiger partial charge is 0.227 e. The van der Waals surface area contributed by atoms with Crippen LogP contribution in [0.1, 0.15) is 38.2 Å². The molecule has 3 nitrogen and oxygen atoms in total. The zero-order chi connectivity index (χ0) is 13.5. The van der Waals surface area contributed by atoms with Gasteiger partial charge in [-0.05, 0) is 25.0 Å². The molecule has 1 amide bonds. The van der Waals surface area contributed by atoms with Crippen LogP contribution in [0.5, 0.6) is 0 Å². The zero-order valence-electron chi connectivity index (χ0n) is 10.8. The number of aliphatic hydroxyl groups is 1. The quantitative estimate of drug-likeness (QED) is 0.816. The van der Waals surface area contributed by atoms with E-state index in [2.05, 4.69) is 5.32 Å². The molecule has 0 heterocycles. The van der Waals surface area contributed by atoms with Crippen molar-refractivity contribution >= 4 is 5.91 Å². The van der Waals surface area contributed by atoms with E-state index in [4.69, 9.17) is 0 Å². The average molecular weight is 253 g/mol. The molecule has 1 aromatic rings. The van der Waals surface area contributed by atoms with Gasteiger partial charge < -0.3 is 10.4 Å². The van der Waals surface area contributed by atoms with Gasteiger partial charge in [0.15, 0.2) is 0 Å². The maximum atomic E-state index is 13.5. The Balaban J connectivity index is 2.54. The largest absolute Gasteiger partial charge is 0.391 e. The zero-order valence-corrected chi connectivity index (χ0v) is 10.8. The van der Waals surface area contributed by atoms with E-state index in [1.165, 1.54) is 6.07 Å². The molecule has 100 valence electrons. The summed E-state index contributed by atoms with van der Waals surface area (Å²) in [5.74, 6) is -1.20. The first-order chi connectivity index (χ1) is 8.56. The first-order valence-electron chi connectivity index (χ1n) is 6.26. The molecule has 0 aliphatic rings. The third-order valence-electron chi connectivity index (χ3n) is 2.90. The Hall–Kier alpha value is -1.42. The molecule has 18 heavy (non-hydrogen) atoms. The minimum absolute atomic E-state index is 0.214. The molecule has 0 aromatic heterocycles. The second kappa shape index (κ2) is 7.11. The van der Waals surface area contributed by atoms with Crippen molar-refractivity contribution in [1.82, 2.24) is 5.32 Å². The van der Waals surface area contributed by atoms with Crippen LogP contribution in [0.15, 0.2) is 24.3 Å². The van der Waals surface area contributed by atoms with E-state index >= 15 is 0 Å². The number of amides is 1. The fourth-order valence-electron chi connectivity index (χ4n) is 1.77. The van der Waals surface area contributed by atoms with E-state index in [9.17, 15) is 14.3 Å². The summed E-state index contributed by atoms with van der Waals surface area (Å²) in [6.45, 7) is 3.83. The normalized spacial score (nSPS) is 14.0. The van der Waals surface area contributed by atoms with Gasteiger partial charge in [-0.15, -0.1) is 0 Å². The van der Waals surface area contributed by atoms with E-state index in [0.717, 1.165) is 6.42 Å². The Kier molecular flexibility index (Phi) is 5.78. The van der Waals surface area contributed by atoms with E-state index < -0.39 is 12.0 Å². The van der Waals surface area contributed by atoms with Crippen molar-refractivity contribution < 1.29 is 14.3 Å². The van der Waals surface area contributed by atoms with Crippen molar-refractivity contribution in [3.8, 4) is 0 Å². The third kappa shape index (κ3) is 4.11. The Labute approximate surface area is 107 Å². The highest BCUT2D eigenvalue weighted by Gasteiger charge is 2.18. The van der Waals surface area contributed by atoms with Gasteiger partial charge in [0.1, 0.15) is 5.82 Å². The van der Waals surface area contributed by atoms with Gasteiger partial charge in [-0.25, -0.2) is 4.39 Å². The summed E-state index contributed by atoms with van der Waals surface area (Å²) in [7, 11) is 0. The lowest BCUT2D eigenvalue weighted by molar-refractivity contribution is -0.122. The summed E-state index contributed by atoms with van der Waals surface area (Å²) in [6.07, 6.45) is 0.973. The van der Waals surface area contributed by atoms with Crippen LogP contribution in [-0.4, -0.2) is 23.7 Å². The highest BCUT2D eigenvalue weighted by molar-refractivity contribution is 5.83. The fourth-order valence-corrected chi connectivity index (χ4v) is 1.77. The lowest BCUT2D eigenvalue weighted by atomic mass is 10.00. The van der Waals surface area contributed by atoms with E-state index in [0.29, 0.717) is 12.0 Å². The number of rotatable bonds is 6. The molecule has 0 radical (unpaired) electrons. The lowest BCUT2D eigenvalue weighted by Crippen LogP contribution is -2.34. The van der Waals surface area contributed by atoms with Crippen LogP contribution < -0.4 is 5.32 Å². The summed E-state index contributed by atoms with van der Waals surface area (Å²) < 4.78 is 13.5. The van der Waals surface area contributed by atoms with Crippen LogP contribution in [0, 0.1) is 5.82 Å². The third-order valence-corrected chi connectivity index (χ3v) is 2.90. The van der Waals surface area contributed by atoms with Crippen LogP contribution >= 0.6 is 0 Å². The van der Waals surface area contributed by atoms with Crippen LogP contribution in [0.25, 0.3) is 0 Å². The van der Waals surface area contributed by atoms with Gasteiger partial charge in [0, 0.05) is 6.54 Å². The van der Waals surface area contributed by atoms with Gasteiger partial charge in [0.2, 0.25) is 5.91 Å². The molecule has 2 unspecified atom stereocenters. The van der Waals surface area contributed by atoms with Gasteiger partial charge >= 0.3 is 0 Å². The molecule has 0 aliphatic carbocycles. The highest BCUT2D eigenvalue weighted by atomic mass is 19.1. The van der Waals surface area contributed by atoms with Crippen molar-refractivity contribution in [2.24, 2.45) is 0 Å². The topological polar surface area (TPSA) is 49.3 Å². The molecule has 0 spiro atoms. The predicted molar refractivity (Wildman–Crippen MR) is 68.7 cm³/mol. The van der Waals surface area contributed by atoms with E-state index in [-0.39, 0.29) is 18.3 Å². The van der Waals surface area contributed by atoms with Crippen LogP contribution in [0.3, 0.4) is 0 Å². The summed E-state index contributed by atoms with van der Waals surface area (Å²) in [5.41, 5.74) is 0.375. The summed E-state index contributed by atoms with van der Waals surface area (Å²) in [4.78, 5) is 11.8. The minimum Gasteiger partial charge on any atom is -0.391 e. The number of aliphatic hydroxyl groups excluding tert-OH is 1. The second-order valence-electron chi connectivity index (χ2n) is 4.43. The molecule has 1 aromatic carbocycles. The maximum Gasteiger partial charge on any atom is 0.227 e. The Morgan fingerprint density at radius 2 is 2.11 bits per heavy atom. The number of hydrogen-bond acceptors (Lipinski definition) is 2. The van der Waals surface area contributed by atoms with Crippen molar-refractivity contribution in [2.75, 3.05) is 6.54 Å². The van der Waals surface area contributed by atoms with Gasteiger partial charge in [-0.2, -0.15) is 0 Å². The molecule has 0 saturated carbocycles. The molecule has 0 fully saturated rings. The van der Waals surface area contributed by atoms with Crippen molar-refractivity contribution in [1.29, 1.82) is 0 Å². The molecule has 4 heteroatoms. The number of carbonyl (C=O) groups excluding carboxylic acids is 1. The number of halogens is 1. The van der Waals surface area contributed by atoms with Gasteiger partial charge in [0.25, 0.3) is 0 Å². The first kappa shape index (κ1) is 14.6. The highest BCUT2D eigenvalue weighted by Crippen LogP contribution is 2.18. The number of hydrogen-bond donors (Lipinski definition) is 2. The number of carbonyl (C=O) groups is 1. The summed E-state index contributed by atoms with van der Waals surface area (Å²) >= 11 is 0. The molecule has 0 bridgehead atoms. The minimum atomic E-state index is -0.556. The summed E-state index contributed by atoms with van der Waals surface area (Å²) in [6, 6.07) is 6.23. The lowest BCUT2D eigenvalue weighted by Gasteiger charge is -2.15. The standard InChI is InChI=1S/C14H20FNO2/c1-3-6-11(17)9-16-14(18)10(2)12-7-4-5-8-13(12)15/h4-5,7-8,10-11,17H,3,6,9H2,1-2H3,(H,16,18). The van der Waals surface area contributed by atoms with Gasteiger partial charge in [-0.1, -0.05) is 31.5 Å². The number of benzene rings is 1. The Morgan fingerprint density at radius 1 is 1.44 bits per heavy atom. The van der Waals surface area contributed by atoms with Crippen LogP contribution in [-0.2, 0) is 4.79 Å². The molecule has 1 rings (SSSR count). The van der Waals surface area contributed by atoms with Gasteiger partial charge in [0.05, 0.1) is 12.0 Å². The Bertz CT molecular complexity index is 395. The van der Waals surface area contributed by atoms with Crippen molar-refractivity contribution in [3.63, 3.8) is 0 Å². The van der Waals surface area contributed by atoms with E-state index in [1.54, 1.807) is 25.1 Å². The predicted octanol–water partition coefficient (Wildman–Crippen LogP) is 2.21. The maximum absolute atomic E-state index is 13.5. The molecule has 0 aliphatic heterocycles. The van der Waals surface area contributed by atoms with Crippen molar-refractivity contribution in [2.45, 2.75) is 38.7 Å². The summed E-state index contributed by atoms with van der Waals surface area (Å²) in [5, 5.41) is 12.2. The molecule has 2 atom stereocenters. The molecular weight excluding hydrogens is 233 g/mol. The monoisotopic (exact) mass is 253 g/mol. The molecule has 2 N–H and O–H groups in total. The van der Waals surface area contributed by atoms with Crippen LogP contribution in [0.2, 0.25) is 0 Å². The second-order valence-corrected chi connectivity index (χ2v) is 4.43. The fraction of sp³-hybridized carbons (Fsp3) is 0.500. The first-order valence-corrected chi connectivity index (χ1v) is 6.26. The molecular formula is C14H20FNO2. The van der Waals surface area contributed by atoms with Crippen molar-refractivity contribution in [3.05, 3.63) is 35.6 Å². The average Bonchev–Trinajstić information content (AvgIpc) is 2.36. The number of nitrogens with one attached hydrogen (secondary N) is 1. The Morgan fingerprint density at radius 3 is 2.72 bits per heavy atom.